The Morgan fingerprint density at radius 2 is 1.92 bits per heavy atom. The van der Waals surface area contributed by atoms with Crippen molar-refractivity contribution in [2.75, 3.05) is 5.32 Å². The zero-order chi connectivity index (χ0) is 17.9. The lowest BCUT2D eigenvalue weighted by Gasteiger charge is -2.15. The molecule has 0 aromatic heterocycles. The minimum atomic E-state index is -1.08. The van der Waals surface area contributed by atoms with E-state index in [1.807, 2.05) is 22.6 Å². The summed E-state index contributed by atoms with van der Waals surface area (Å²) in [5.41, 5.74) is 0.345. The summed E-state index contributed by atoms with van der Waals surface area (Å²) in [5.74, 6) is -1.57. The maximum absolute atomic E-state index is 12.1. The van der Waals surface area contributed by atoms with Crippen LogP contribution in [0.4, 0.5) is 5.69 Å². The molecule has 2 N–H and O–H groups in total. The van der Waals surface area contributed by atoms with Crippen LogP contribution in [-0.2, 0) is 9.53 Å². The highest BCUT2D eigenvalue weighted by atomic mass is 127. The van der Waals surface area contributed by atoms with E-state index >= 15 is 0 Å². The summed E-state index contributed by atoms with van der Waals surface area (Å²) in [6, 6.07) is 9.10. The lowest BCUT2D eigenvalue weighted by molar-refractivity contribution is -0.123. The van der Waals surface area contributed by atoms with Crippen molar-refractivity contribution in [3.8, 4) is 5.75 Å². The Balaban J connectivity index is 2.05. The van der Waals surface area contributed by atoms with Gasteiger partial charge in [0.1, 0.15) is 11.3 Å². The van der Waals surface area contributed by atoms with E-state index in [-0.39, 0.29) is 16.3 Å². The second-order valence-corrected chi connectivity index (χ2v) is 6.91. The summed E-state index contributed by atoms with van der Waals surface area (Å²) >= 11 is 13.8. The molecule has 2 rings (SSSR count). The molecule has 0 fully saturated rings. The molecule has 24 heavy (non-hydrogen) atoms. The van der Waals surface area contributed by atoms with Crippen molar-refractivity contribution < 1.29 is 19.4 Å². The van der Waals surface area contributed by atoms with Crippen molar-refractivity contribution in [1.82, 2.24) is 0 Å². The normalized spacial score (nSPS) is 11.7. The van der Waals surface area contributed by atoms with E-state index in [9.17, 15) is 14.7 Å². The Morgan fingerprint density at radius 3 is 2.58 bits per heavy atom. The minimum Gasteiger partial charge on any atom is -0.507 e. The number of carbonyl (C=O) groups excluding carboxylic acids is 2. The van der Waals surface area contributed by atoms with E-state index in [4.69, 9.17) is 27.9 Å². The quantitative estimate of drug-likeness (QED) is 0.500. The molecule has 0 heterocycles. The fourth-order valence-corrected chi connectivity index (χ4v) is 2.72. The lowest BCUT2D eigenvalue weighted by Crippen LogP contribution is -2.30. The number of benzene rings is 2. The van der Waals surface area contributed by atoms with Crippen LogP contribution in [0.1, 0.15) is 17.3 Å². The van der Waals surface area contributed by atoms with Gasteiger partial charge in [-0.15, -0.1) is 0 Å². The molecule has 0 aliphatic rings. The highest BCUT2D eigenvalue weighted by molar-refractivity contribution is 14.1. The molecule has 0 aliphatic carbocycles. The first kappa shape index (κ1) is 18.8. The molecule has 1 atom stereocenters. The van der Waals surface area contributed by atoms with Crippen LogP contribution in [0.5, 0.6) is 5.75 Å². The van der Waals surface area contributed by atoms with Crippen molar-refractivity contribution in [2.45, 2.75) is 13.0 Å². The Hall–Kier alpha value is -1.51. The maximum Gasteiger partial charge on any atom is 0.342 e. The molecule has 0 radical (unpaired) electrons. The van der Waals surface area contributed by atoms with Crippen molar-refractivity contribution >= 4 is 63.4 Å². The number of anilines is 1. The number of esters is 1. The van der Waals surface area contributed by atoms with Crippen LogP contribution in [0, 0.1) is 3.57 Å². The second kappa shape index (κ2) is 8.04. The monoisotopic (exact) mass is 479 g/mol. The van der Waals surface area contributed by atoms with Crippen LogP contribution in [-0.4, -0.2) is 23.1 Å². The third-order valence-corrected chi connectivity index (χ3v) is 4.24. The van der Waals surface area contributed by atoms with Gasteiger partial charge in [0.2, 0.25) is 0 Å². The molecule has 126 valence electrons. The first-order chi connectivity index (χ1) is 11.3. The standard InChI is InChI=1S/C16H12Cl2INO4/c1-8(15(22)20-13-4-2-9(17)6-12(13)18)24-16(23)11-7-10(19)3-5-14(11)21/h2-8,21H,1H3,(H,20,22). The van der Waals surface area contributed by atoms with Crippen LogP contribution in [0.3, 0.4) is 0 Å². The van der Waals surface area contributed by atoms with Gasteiger partial charge in [-0.2, -0.15) is 0 Å². The number of hydrogen-bond acceptors (Lipinski definition) is 4. The summed E-state index contributed by atoms with van der Waals surface area (Å²) in [6.45, 7) is 1.42. The van der Waals surface area contributed by atoms with Crippen molar-refractivity contribution in [3.05, 3.63) is 55.6 Å². The molecular weight excluding hydrogens is 468 g/mol. The number of ether oxygens (including phenoxy) is 1. The van der Waals surface area contributed by atoms with Gasteiger partial charge in [0.25, 0.3) is 5.91 Å². The summed E-state index contributed by atoms with van der Waals surface area (Å²) in [6.07, 6.45) is -1.08. The predicted octanol–water partition coefficient (Wildman–Crippen LogP) is 4.49. The molecule has 0 bridgehead atoms. The zero-order valence-corrected chi connectivity index (χ0v) is 16.0. The molecular formula is C16H12Cl2INO4. The van der Waals surface area contributed by atoms with E-state index < -0.39 is 18.0 Å². The number of phenols is 1. The number of rotatable bonds is 4. The lowest BCUT2D eigenvalue weighted by atomic mass is 10.2. The number of hydrogen-bond donors (Lipinski definition) is 2. The second-order valence-electron chi connectivity index (χ2n) is 4.82. The smallest absolute Gasteiger partial charge is 0.342 e. The molecule has 0 saturated carbocycles. The fraction of sp³-hybridized carbons (Fsp3) is 0.125. The van der Waals surface area contributed by atoms with Gasteiger partial charge in [-0.3, -0.25) is 4.79 Å². The Labute approximate surface area is 162 Å². The van der Waals surface area contributed by atoms with Crippen LogP contribution in [0.25, 0.3) is 0 Å². The highest BCUT2D eigenvalue weighted by Gasteiger charge is 2.21. The predicted molar refractivity (Wildman–Crippen MR) is 101 cm³/mol. The van der Waals surface area contributed by atoms with Gasteiger partial charge in [0, 0.05) is 8.59 Å². The largest absolute Gasteiger partial charge is 0.507 e. The van der Waals surface area contributed by atoms with Crippen LogP contribution in [0.15, 0.2) is 36.4 Å². The van der Waals surface area contributed by atoms with Gasteiger partial charge in [-0.1, -0.05) is 23.2 Å². The summed E-state index contributed by atoms with van der Waals surface area (Å²) in [7, 11) is 0. The minimum absolute atomic E-state index is 0.00826. The number of aromatic hydroxyl groups is 1. The average Bonchev–Trinajstić information content (AvgIpc) is 2.52. The van der Waals surface area contributed by atoms with Gasteiger partial charge < -0.3 is 15.2 Å². The molecule has 5 nitrogen and oxygen atoms in total. The average molecular weight is 480 g/mol. The third kappa shape index (κ3) is 4.75. The summed E-state index contributed by atoms with van der Waals surface area (Å²) in [4.78, 5) is 24.2. The van der Waals surface area contributed by atoms with Gasteiger partial charge in [0.05, 0.1) is 10.7 Å². The number of nitrogens with one attached hydrogen (secondary N) is 1. The topological polar surface area (TPSA) is 75.6 Å². The van der Waals surface area contributed by atoms with E-state index in [2.05, 4.69) is 5.32 Å². The molecule has 8 heteroatoms. The molecule has 1 amide bonds. The number of phenolic OH excluding ortho intramolecular Hbond substituents is 1. The first-order valence-electron chi connectivity index (χ1n) is 6.73. The van der Waals surface area contributed by atoms with Crippen LogP contribution in [0.2, 0.25) is 10.0 Å². The Morgan fingerprint density at radius 1 is 1.21 bits per heavy atom. The van der Waals surface area contributed by atoms with E-state index in [1.165, 1.54) is 25.1 Å². The molecule has 0 saturated heterocycles. The van der Waals surface area contributed by atoms with E-state index in [0.717, 1.165) is 3.57 Å². The first-order valence-corrected chi connectivity index (χ1v) is 8.57. The number of carbonyl (C=O) groups is 2. The van der Waals surface area contributed by atoms with Crippen molar-refractivity contribution in [1.29, 1.82) is 0 Å². The van der Waals surface area contributed by atoms with Gasteiger partial charge in [-0.25, -0.2) is 4.79 Å². The Bertz CT molecular complexity index is 798. The van der Waals surface area contributed by atoms with Gasteiger partial charge >= 0.3 is 5.97 Å². The van der Waals surface area contributed by atoms with E-state index in [1.54, 1.807) is 18.2 Å². The summed E-state index contributed by atoms with van der Waals surface area (Å²) in [5, 5.41) is 13.0. The number of halogens is 3. The number of amides is 1. The van der Waals surface area contributed by atoms with Crippen molar-refractivity contribution in [2.24, 2.45) is 0 Å². The molecule has 0 spiro atoms. The SMILES string of the molecule is CC(OC(=O)c1cc(I)ccc1O)C(=O)Nc1ccc(Cl)cc1Cl. The fourth-order valence-electron chi connectivity index (χ4n) is 1.77. The summed E-state index contributed by atoms with van der Waals surface area (Å²) < 4.78 is 5.84. The highest BCUT2D eigenvalue weighted by Crippen LogP contribution is 2.26. The molecule has 2 aromatic rings. The van der Waals surface area contributed by atoms with E-state index in [0.29, 0.717) is 10.7 Å². The zero-order valence-electron chi connectivity index (χ0n) is 12.3. The van der Waals surface area contributed by atoms with Crippen LogP contribution >= 0.6 is 45.8 Å². The van der Waals surface area contributed by atoms with Gasteiger partial charge in [0.15, 0.2) is 6.10 Å². The third-order valence-electron chi connectivity index (χ3n) is 3.02. The van der Waals surface area contributed by atoms with Crippen LogP contribution < -0.4 is 5.32 Å². The molecule has 0 aliphatic heterocycles. The van der Waals surface area contributed by atoms with Crippen molar-refractivity contribution in [3.63, 3.8) is 0 Å². The van der Waals surface area contributed by atoms with Gasteiger partial charge in [-0.05, 0) is 65.9 Å². The molecule has 2 aromatic carbocycles. The maximum atomic E-state index is 12.1. The Kier molecular flexibility index (Phi) is 6.31. The molecule has 1 unspecified atom stereocenters.